The van der Waals surface area contributed by atoms with E-state index in [-0.39, 0.29) is 74.3 Å². The second kappa shape index (κ2) is 30.2. The smallest absolute Gasteiger partial charge is 0.295 e. The number of rotatable bonds is 23. The number of nitrogens with one attached hydrogen (secondary N) is 1. The summed E-state index contributed by atoms with van der Waals surface area (Å²) in [7, 11) is 2.56. The minimum Gasteiger partial charge on any atom is -0.497 e. The van der Waals surface area contributed by atoms with Crippen molar-refractivity contribution in [3.8, 4) is 11.5 Å². The molecule has 4 aromatic rings. The molecule has 1 amide bonds. The first-order valence-corrected chi connectivity index (χ1v) is 26.4. The lowest BCUT2D eigenvalue weighted by atomic mass is 10.1. The van der Waals surface area contributed by atoms with Crippen LogP contribution in [0, 0.1) is 39.5 Å². The van der Waals surface area contributed by atoms with Crippen molar-refractivity contribution in [1.29, 1.82) is 0 Å². The van der Waals surface area contributed by atoms with E-state index in [1.807, 2.05) is 31.6 Å². The van der Waals surface area contributed by atoms with E-state index >= 15 is 0 Å². The van der Waals surface area contributed by atoms with Gasteiger partial charge >= 0.3 is 0 Å². The number of pyridine rings is 2. The summed E-state index contributed by atoms with van der Waals surface area (Å²) in [5.41, 5.74) is 4.95. The number of sulfonamides is 2. The lowest BCUT2D eigenvalue weighted by molar-refractivity contribution is -0.140. The number of nitrogens with zero attached hydrogens (tertiary/aromatic N) is 7. The van der Waals surface area contributed by atoms with Crippen LogP contribution in [0.5, 0.6) is 11.5 Å². The number of amides is 1. The molecule has 2 saturated heterocycles. The Morgan fingerprint density at radius 3 is 1.54 bits per heavy atom. The Hall–Kier alpha value is -5.13. The van der Waals surface area contributed by atoms with Crippen LogP contribution in [0.15, 0.2) is 83.1 Å². The number of likely N-dealkylation sites (N-methyl/N-ethyl adjacent to an activating group) is 3. The molecule has 2 unspecified atom stereocenters. The van der Waals surface area contributed by atoms with Crippen molar-refractivity contribution in [3.05, 3.63) is 95.6 Å². The molecule has 4 heterocycles. The number of aryl methyl sites for hydroxylation is 4. The van der Waals surface area contributed by atoms with Gasteiger partial charge < -0.3 is 43.7 Å². The number of hydrogen-bond acceptors (Lipinski definition) is 16. The van der Waals surface area contributed by atoms with Crippen molar-refractivity contribution >= 4 is 56.2 Å². The number of carbonyl (C=O) groups is 2. The summed E-state index contributed by atoms with van der Waals surface area (Å²) < 4.78 is 79.1. The minimum absolute atomic E-state index is 0. The number of aromatic nitrogens is 2. The highest BCUT2D eigenvalue weighted by molar-refractivity contribution is 7.89. The van der Waals surface area contributed by atoms with Gasteiger partial charge in [-0.25, -0.2) is 16.8 Å². The number of methoxy groups -OCH3 is 2. The van der Waals surface area contributed by atoms with Crippen LogP contribution in [0.1, 0.15) is 35.1 Å². The van der Waals surface area contributed by atoms with Crippen LogP contribution >= 0.6 is 12.4 Å². The van der Waals surface area contributed by atoms with Crippen molar-refractivity contribution in [1.82, 2.24) is 28.8 Å². The van der Waals surface area contributed by atoms with Crippen LogP contribution in [0.25, 0.3) is 0 Å². The number of benzene rings is 2. The van der Waals surface area contributed by atoms with Gasteiger partial charge in [-0.1, -0.05) is 0 Å². The highest BCUT2D eigenvalue weighted by Crippen LogP contribution is 2.30. The Bertz CT molecular complexity index is 2470. The Kier molecular flexibility index (Phi) is 25.6. The van der Waals surface area contributed by atoms with E-state index in [4.69, 9.17) is 18.9 Å². The average molecular weight is 1060 g/mol. The fraction of sp³-hybridized carbons (Fsp3) is 0.520. The zero-order valence-corrected chi connectivity index (χ0v) is 45.9. The molecule has 19 nitrogen and oxygen atoms in total. The van der Waals surface area contributed by atoms with E-state index in [1.165, 1.54) is 55.0 Å². The first kappa shape index (κ1) is 61.2. The van der Waals surface area contributed by atoms with Crippen LogP contribution in [-0.2, 0) is 43.8 Å². The topological polar surface area (TPSA) is 203 Å². The van der Waals surface area contributed by atoms with Crippen molar-refractivity contribution in [2.24, 2.45) is 11.8 Å². The molecule has 72 heavy (non-hydrogen) atoms. The second-order valence-corrected chi connectivity index (χ2v) is 21.6. The summed E-state index contributed by atoms with van der Waals surface area (Å²) in [5.74, 6) is 2.32. The van der Waals surface area contributed by atoms with Gasteiger partial charge in [-0.05, 0) is 137 Å². The van der Waals surface area contributed by atoms with E-state index in [0.29, 0.717) is 46.2 Å². The first-order chi connectivity index (χ1) is 33.9. The highest BCUT2D eigenvalue weighted by Gasteiger charge is 2.28. The van der Waals surface area contributed by atoms with E-state index in [9.17, 15) is 26.4 Å². The Labute approximate surface area is 433 Å². The standard InChI is InChI=1S/C25H36N4O5S.C14H21NO6S.C11H17N3.ClH/c1-19-14-23(33-5)15-20(2)25(19)35(31,32)28(4)12-13-34-18-24(30)27(3)16-21-8-11-29(17-21)22-6-9-26-10-7-22;1-11-7-13(19-4)8-12(2)14(11)22(17,18)15(3)5-6-20-10-21-9-16;1-12-8-10-4-7-14(9-10)11-2-5-13-6-3-11;/h6-7,9-10,14-15,21H,8,11-13,16-18H2,1-5H3;7-9H,5-6,10H2,1-4H3;2-3,5-6,10,12H,4,7-9H2,1H3;1H. The van der Waals surface area contributed by atoms with Crippen LogP contribution in [0.3, 0.4) is 0 Å². The lowest BCUT2D eigenvalue weighted by Crippen LogP contribution is -2.36. The molecule has 2 fully saturated rings. The molecule has 2 atom stereocenters. The fourth-order valence-electron chi connectivity index (χ4n) is 8.55. The monoisotopic (exact) mass is 1060 g/mol. The average Bonchev–Trinajstić information content (AvgIpc) is 4.03. The number of ether oxygens (including phenoxy) is 5. The molecular weight excluding hydrogens is 988 g/mol. The first-order valence-electron chi connectivity index (χ1n) is 23.5. The summed E-state index contributed by atoms with van der Waals surface area (Å²) in [6.07, 6.45) is 9.62. The molecule has 400 valence electrons. The Morgan fingerprint density at radius 2 is 1.12 bits per heavy atom. The van der Waals surface area contributed by atoms with Crippen LogP contribution in [0.4, 0.5) is 11.4 Å². The molecule has 0 spiro atoms. The number of carbonyl (C=O) groups excluding carboxylic acids is 2. The number of hydrogen-bond donors (Lipinski definition) is 1. The van der Waals surface area contributed by atoms with Crippen molar-refractivity contribution < 1.29 is 50.1 Å². The quantitative estimate of drug-likeness (QED) is 0.0593. The minimum atomic E-state index is -3.69. The summed E-state index contributed by atoms with van der Waals surface area (Å²) in [6, 6.07) is 15.0. The van der Waals surface area contributed by atoms with Gasteiger partial charge in [0.05, 0.1) is 37.2 Å². The van der Waals surface area contributed by atoms with Crippen molar-refractivity contribution in [2.75, 3.05) is 131 Å². The molecule has 2 aliphatic rings. The predicted molar refractivity (Wildman–Crippen MR) is 281 cm³/mol. The van der Waals surface area contributed by atoms with Crippen LogP contribution in [0.2, 0.25) is 0 Å². The molecule has 0 bridgehead atoms. The van der Waals surface area contributed by atoms with Gasteiger partial charge in [0.2, 0.25) is 26.0 Å². The van der Waals surface area contributed by atoms with Gasteiger partial charge in [0.25, 0.3) is 6.47 Å². The summed E-state index contributed by atoms with van der Waals surface area (Å²) in [5, 5.41) is 3.24. The SMILES string of the molecule is CNCC1CCN(c2ccncc2)C1.COc1cc(C)c(S(=O)(=O)N(C)CCOCC(=O)N(C)CC2CCN(c3ccncc3)C2)c(C)c1.COc1cc(C)c(S(=O)(=O)N(C)CCOCOC=O)c(C)c1.Cl. The van der Waals surface area contributed by atoms with Gasteiger partial charge in [-0.3, -0.25) is 19.6 Å². The molecule has 0 radical (unpaired) electrons. The summed E-state index contributed by atoms with van der Waals surface area (Å²) in [6.45, 7) is 13.5. The van der Waals surface area contributed by atoms with Crippen LogP contribution < -0.4 is 24.6 Å². The molecule has 22 heteroatoms. The maximum Gasteiger partial charge on any atom is 0.295 e. The van der Waals surface area contributed by atoms with Gasteiger partial charge in [-0.15, -0.1) is 12.4 Å². The van der Waals surface area contributed by atoms with E-state index < -0.39 is 20.0 Å². The number of halogens is 1. The molecule has 1 N–H and O–H groups in total. The third-order valence-corrected chi connectivity index (χ3v) is 16.6. The molecule has 0 saturated carbocycles. The fourth-order valence-corrected chi connectivity index (χ4v) is 11.7. The third-order valence-electron chi connectivity index (χ3n) is 12.3. The van der Waals surface area contributed by atoms with Crippen molar-refractivity contribution in [2.45, 2.75) is 50.3 Å². The maximum absolute atomic E-state index is 13.1. The number of anilines is 2. The summed E-state index contributed by atoms with van der Waals surface area (Å²) in [4.78, 5) is 37.6. The molecule has 2 aliphatic heterocycles. The van der Waals surface area contributed by atoms with Gasteiger partial charge in [-0.2, -0.15) is 8.61 Å². The predicted octanol–water partition coefficient (Wildman–Crippen LogP) is 4.96. The Morgan fingerprint density at radius 1 is 0.708 bits per heavy atom. The van der Waals surface area contributed by atoms with Gasteiger partial charge in [0.1, 0.15) is 18.1 Å². The largest absolute Gasteiger partial charge is 0.497 e. The molecular formula is C50H75ClN8O11S2. The van der Waals surface area contributed by atoms with E-state index in [2.05, 4.69) is 42.0 Å². The van der Waals surface area contributed by atoms with E-state index in [1.54, 1.807) is 83.4 Å². The normalized spacial score (nSPS) is 15.5. The summed E-state index contributed by atoms with van der Waals surface area (Å²) >= 11 is 0. The molecule has 0 aliphatic carbocycles. The zero-order chi connectivity index (χ0) is 52.1. The molecule has 2 aromatic carbocycles. The third kappa shape index (κ3) is 17.8. The second-order valence-electron chi connectivity index (χ2n) is 17.6. The lowest BCUT2D eigenvalue weighted by Gasteiger charge is -2.23. The van der Waals surface area contributed by atoms with Gasteiger partial charge in [0.15, 0.2) is 6.79 Å². The van der Waals surface area contributed by atoms with Crippen molar-refractivity contribution in [3.63, 3.8) is 0 Å². The highest BCUT2D eigenvalue weighted by atomic mass is 35.5. The molecule has 6 rings (SSSR count). The Balaban J connectivity index is 0.000000314. The van der Waals surface area contributed by atoms with Crippen LogP contribution in [-0.4, -0.2) is 174 Å². The van der Waals surface area contributed by atoms with E-state index in [0.717, 1.165) is 37.7 Å². The molecule has 2 aromatic heterocycles. The maximum atomic E-state index is 13.1. The van der Waals surface area contributed by atoms with Gasteiger partial charge in [0, 0.05) is 103 Å². The zero-order valence-electron chi connectivity index (χ0n) is 43.4.